The maximum atomic E-state index is 13.1. The largest absolute Gasteiger partial charge is 0.416 e. The highest BCUT2D eigenvalue weighted by molar-refractivity contribution is 5.94. The fourth-order valence-electron chi connectivity index (χ4n) is 3.12. The van der Waals surface area contributed by atoms with Crippen LogP contribution in [0.5, 0.6) is 0 Å². The van der Waals surface area contributed by atoms with E-state index < -0.39 is 17.6 Å². The van der Waals surface area contributed by atoms with Crippen LogP contribution in [0.2, 0.25) is 0 Å². The predicted molar refractivity (Wildman–Crippen MR) is 106 cm³/mol. The average molecular weight is 416 g/mol. The van der Waals surface area contributed by atoms with E-state index in [4.69, 9.17) is 0 Å². The van der Waals surface area contributed by atoms with Gasteiger partial charge < -0.3 is 9.47 Å². The number of hydrogen-bond donors (Lipinski definition) is 0. The molecular weight excluding hydrogens is 396 g/mol. The lowest BCUT2D eigenvalue weighted by atomic mass is 10.1. The number of rotatable bonds is 7. The molecule has 3 nitrogen and oxygen atoms in total. The second kappa shape index (κ2) is 8.98. The van der Waals surface area contributed by atoms with Gasteiger partial charge in [0.2, 0.25) is 0 Å². The maximum Gasteiger partial charge on any atom is 0.416 e. The Morgan fingerprint density at radius 2 is 1.80 bits per heavy atom. The van der Waals surface area contributed by atoms with Crippen molar-refractivity contribution in [2.24, 2.45) is 0 Å². The molecule has 0 saturated heterocycles. The number of alkyl halides is 3. The van der Waals surface area contributed by atoms with Crippen LogP contribution in [-0.2, 0) is 19.3 Å². The van der Waals surface area contributed by atoms with E-state index in [0.717, 1.165) is 23.4 Å². The fourth-order valence-corrected chi connectivity index (χ4v) is 3.12. The third kappa shape index (κ3) is 5.17. The van der Waals surface area contributed by atoms with Gasteiger partial charge in [-0.1, -0.05) is 24.3 Å². The van der Waals surface area contributed by atoms with Gasteiger partial charge in [0.05, 0.1) is 12.1 Å². The van der Waals surface area contributed by atoms with Gasteiger partial charge in [-0.15, -0.1) is 6.58 Å². The zero-order valence-corrected chi connectivity index (χ0v) is 16.1. The van der Waals surface area contributed by atoms with Crippen LogP contribution in [0.15, 0.2) is 79.5 Å². The van der Waals surface area contributed by atoms with Crippen LogP contribution in [0.1, 0.15) is 27.2 Å². The van der Waals surface area contributed by atoms with Crippen molar-refractivity contribution in [1.82, 2.24) is 9.47 Å². The number of benzene rings is 2. The Bertz CT molecular complexity index is 1020. The van der Waals surface area contributed by atoms with E-state index >= 15 is 0 Å². The van der Waals surface area contributed by atoms with Gasteiger partial charge in [-0.05, 0) is 48.0 Å². The highest BCUT2D eigenvalue weighted by Gasteiger charge is 2.31. The van der Waals surface area contributed by atoms with Crippen LogP contribution < -0.4 is 0 Å². The van der Waals surface area contributed by atoms with Gasteiger partial charge in [-0.25, -0.2) is 4.39 Å². The molecule has 2 aromatic carbocycles. The van der Waals surface area contributed by atoms with Crippen molar-refractivity contribution >= 4 is 5.91 Å². The van der Waals surface area contributed by atoms with Crippen molar-refractivity contribution < 1.29 is 22.4 Å². The summed E-state index contributed by atoms with van der Waals surface area (Å²) < 4.78 is 54.0. The molecule has 0 aliphatic rings. The molecule has 0 N–H and O–H groups in total. The Hall–Kier alpha value is -3.35. The van der Waals surface area contributed by atoms with Crippen molar-refractivity contribution in [3.05, 3.63) is 108 Å². The molecule has 0 aliphatic heterocycles. The Labute approximate surface area is 171 Å². The second-order valence-electron chi connectivity index (χ2n) is 6.81. The van der Waals surface area contributed by atoms with Gasteiger partial charge in [-0.3, -0.25) is 4.79 Å². The van der Waals surface area contributed by atoms with E-state index in [1.165, 1.54) is 35.2 Å². The van der Waals surface area contributed by atoms with E-state index in [-0.39, 0.29) is 24.5 Å². The zero-order chi connectivity index (χ0) is 21.7. The molecule has 0 unspecified atom stereocenters. The van der Waals surface area contributed by atoms with Gasteiger partial charge in [-0.2, -0.15) is 13.2 Å². The summed E-state index contributed by atoms with van der Waals surface area (Å²) in [7, 11) is 0. The van der Waals surface area contributed by atoms with Crippen LogP contribution in [0.4, 0.5) is 17.6 Å². The van der Waals surface area contributed by atoms with Crippen LogP contribution in [0.3, 0.4) is 0 Å². The number of carbonyl (C=O) groups excluding carboxylic acids is 1. The minimum absolute atomic E-state index is 0.0386. The molecule has 30 heavy (non-hydrogen) atoms. The van der Waals surface area contributed by atoms with E-state index in [2.05, 4.69) is 6.58 Å². The summed E-state index contributed by atoms with van der Waals surface area (Å²) >= 11 is 0. The molecule has 1 aromatic heterocycles. The SMILES string of the molecule is C=CCN(Cc1cccn1Cc1ccc(F)cc1)C(=O)c1cccc(C(F)(F)F)c1. The minimum Gasteiger partial charge on any atom is -0.345 e. The monoisotopic (exact) mass is 416 g/mol. The third-order valence-corrected chi connectivity index (χ3v) is 4.62. The fraction of sp³-hybridized carbons (Fsp3) is 0.174. The number of halogens is 4. The van der Waals surface area contributed by atoms with E-state index in [9.17, 15) is 22.4 Å². The van der Waals surface area contributed by atoms with Gasteiger partial charge in [0.15, 0.2) is 0 Å². The third-order valence-electron chi connectivity index (χ3n) is 4.62. The molecule has 0 bridgehead atoms. The maximum absolute atomic E-state index is 13.1. The smallest absolute Gasteiger partial charge is 0.345 e. The summed E-state index contributed by atoms with van der Waals surface area (Å²) in [6.07, 6.45) is -1.16. The zero-order valence-electron chi connectivity index (χ0n) is 16.1. The predicted octanol–water partition coefficient (Wildman–Crippen LogP) is 5.52. The quantitative estimate of drug-likeness (QED) is 0.368. The van der Waals surface area contributed by atoms with Gasteiger partial charge >= 0.3 is 6.18 Å². The molecule has 1 heterocycles. The first-order valence-electron chi connectivity index (χ1n) is 9.24. The van der Waals surface area contributed by atoms with Crippen LogP contribution in [0.25, 0.3) is 0 Å². The molecule has 1 amide bonds. The standard InChI is InChI=1S/C23H20F4N2O/c1-2-12-29(22(30)18-5-3-6-19(14-18)23(25,26)27)16-21-7-4-13-28(21)15-17-8-10-20(24)11-9-17/h2-11,13-14H,1,12,15-16H2. The Balaban J connectivity index is 1.81. The molecule has 0 saturated carbocycles. The lowest BCUT2D eigenvalue weighted by molar-refractivity contribution is -0.137. The molecule has 0 spiro atoms. The molecule has 0 fully saturated rings. The first-order valence-corrected chi connectivity index (χ1v) is 9.24. The van der Waals surface area contributed by atoms with Crippen molar-refractivity contribution in [1.29, 1.82) is 0 Å². The summed E-state index contributed by atoms with van der Waals surface area (Å²) in [4.78, 5) is 14.3. The number of aromatic nitrogens is 1. The molecular formula is C23H20F4N2O. The first-order chi connectivity index (χ1) is 14.3. The van der Waals surface area contributed by atoms with Crippen LogP contribution >= 0.6 is 0 Å². The number of amides is 1. The minimum atomic E-state index is -4.52. The molecule has 3 rings (SSSR count). The Kier molecular flexibility index (Phi) is 6.40. The summed E-state index contributed by atoms with van der Waals surface area (Å²) in [5, 5.41) is 0. The molecule has 0 aliphatic carbocycles. The normalized spacial score (nSPS) is 11.3. The molecule has 156 valence electrons. The first kappa shape index (κ1) is 21.4. The summed E-state index contributed by atoms with van der Waals surface area (Å²) in [6.45, 7) is 4.49. The molecule has 7 heteroatoms. The van der Waals surface area contributed by atoms with Crippen molar-refractivity contribution in [2.45, 2.75) is 19.3 Å². The lowest BCUT2D eigenvalue weighted by Crippen LogP contribution is -2.31. The highest BCUT2D eigenvalue weighted by atomic mass is 19.4. The van der Waals surface area contributed by atoms with Crippen LogP contribution in [-0.4, -0.2) is 21.9 Å². The number of carbonyl (C=O) groups is 1. The summed E-state index contributed by atoms with van der Waals surface area (Å²) in [5.74, 6) is -0.842. The number of hydrogen-bond acceptors (Lipinski definition) is 1. The molecule has 0 radical (unpaired) electrons. The van der Waals surface area contributed by atoms with Gasteiger partial charge in [0.25, 0.3) is 5.91 Å². The second-order valence-corrected chi connectivity index (χ2v) is 6.81. The summed E-state index contributed by atoms with van der Waals surface area (Å²) in [5.41, 5.74) is 0.768. The van der Waals surface area contributed by atoms with E-state index in [0.29, 0.717) is 6.54 Å². The van der Waals surface area contributed by atoms with Crippen LogP contribution in [0, 0.1) is 5.82 Å². The van der Waals surface area contributed by atoms with E-state index in [1.54, 1.807) is 12.1 Å². The van der Waals surface area contributed by atoms with E-state index in [1.807, 2.05) is 22.9 Å². The lowest BCUT2D eigenvalue weighted by Gasteiger charge is -2.23. The topological polar surface area (TPSA) is 25.2 Å². The van der Waals surface area contributed by atoms with Crippen molar-refractivity contribution in [2.75, 3.05) is 6.54 Å². The molecule has 0 atom stereocenters. The number of nitrogens with zero attached hydrogens (tertiary/aromatic N) is 2. The Morgan fingerprint density at radius 1 is 1.07 bits per heavy atom. The Morgan fingerprint density at radius 3 is 2.47 bits per heavy atom. The highest BCUT2D eigenvalue weighted by Crippen LogP contribution is 2.30. The van der Waals surface area contributed by atoms with Crippen molar-refractivity contribution in [3.8, 4) is 0 Å². The van der Waals surface area contributed by atoms with Crippen molar-refractivity contribution in [3.63, 3.8) is 0 Å². The van der Waals surface area contributed by atoms with Gasteiger partial charge in [0.1, 0.15) is 5.82 Å². The van der Waals surface area contributed by atoms with Gasteiger partial charge in [0, 0.05) is 30.5 Å². The average Bonchev–Trinajstić information content (AvgIpc) is 3.15. The summed E-state index contributed by atoms with van der Waals surface area (Å²) in [6, 6.07) is 14.1. The molecule has 3 aromatic rings.